The Morgan fingerprint density at radius 2 is 2.06 bits per heavy atom. The van der Waals surface area contributed by atoms with Crippen molar-refractivity contribution in [1.29, 1.82) is 0 Å². The van der Waals surface area contributed by atoms with Crippen molar-refractivity contribution in [2.75, 3.05) is 13.2 Å². The van der Waals surface area contributed by atoms with Gasteiger partial charge in [0, 0.05) is 0 Å². The van der Waals surface area contributed by atoms with Crippen molar-refractivity contribution in [3.8, 4) is 11.3 Å². The third-order valence-electron chi connectivity index (χ3n) is 5.11. The fourth-order valence-corrected chi connectivity index (χ4v) is 5.48. The molecule has 1 aliphatic heterocycles. The first-order valence-electron chi connectivity index (χ1n) is 10.2. The van der Waals surface area contributed by atoms with Crippen LogP contribution in [0.5, 0.6) is 0 Å². The minimum atomic E-state index is -0.869. The Hall–Kier alpha value is -2.17. The van der Waals surface area contributed by atoms with Gasteiger partial charge in [0.1, 0.15) is 0 Å². The molecule has 4 rings (SSSR count). The molecule has 0 radical (unpaired) electrons. The summed E-state index contributed by atoms with van der Waals surface area (Å²) in [7, 11) is 0. The van der Waals surface area contributed by atoms with Gasteiger partial charge in [-0.3, -0.25) is 0 Å². The van der Waals surface area contributed by atoms with Gasteiger partial charge in [0.05, 0.1) is 0 Å². The molecule has 1 aromatic heterocycles. The zero-order valence-corrected chi connectivity index (χ0v) is 19.0. The normalized spacial score (nSPS) is 20.7. The summed E-state index contributed by atoms with van der Waals surface area (Å²) < 4.78 is 32.8. The zero-order valence-electron chi connectivity index (χ0n) is 16.9. The molecule has 2 aliphatic rings. The van der Waals surface area contributed by atoms with Crippen LogP contribution in [0.25, 0.3) is 11.3 Å². The number of halogens is 3. The van der Waals surface area contributed by atoms with E-state index < -0.39 is 27.7 Å². The second-order valence-corrected chi connectivity index (χ2v) is 9.77. The Balaban J connectivity index is 1.49. The number of aliphatic hydroxyl groups excluding tert-OH is 1. The van der Waals surface area contributed by atoms with Gasteiger partial charge in [-0.15, -0.1) is 0 Å². The van der Waals surface area contributed by atoms with E-state index in [1.54, 1.807) is 22.9 Å². The number of nitrogens with one attached hydrogen (secondary N) is 1. The van der Waals surface area contributed by atoms with Crippen LogP contribution < -0.4 is 25.0 Å². The molecule has 8 heteroatoms. The number of rotatable bonds is 8. The third-order valence-corrected chi connectivity index (χ3v) is 7.06. The Morgan fingerprint density at radius 1 is 1.23 bits per heavy atom. The van der Waals surface area contributed by atoms with E-state index in [1.165, 1.54) is 12.1 Å². The zero-order chi connectivity index (χ0) is 21.6. The number of nitrogens with zero attached hydrogens (tertiary/aromatic N) is 3. The molecule has 1 aliphatic carbocycles. The van der Waals surface area contributed by atoms with Gasteiger partial charge in [-0.05, 0) is 0 Å². The Morgan fingerprint density at radius 3 is 2.81 bits per heavy atom. The van der Waals surface area contributed by atoms with E-state index in [9.17, 15) is 13.9 Å². The van der Waals surface area contributed by atoms with Gasteiger partial charge in [-0.1, -0.05) is 0 Å². The Labute approximate surface area is 190 Å². The summed E-state index contributed by atoms with van der Waals surface area (Å²) >= 11 is -0.496. The molecule has 2 aromatic rings. The molecular weight excluding hydrogens is 513 g/mol. The maximum absolute atomic E-state index is 13.4. The number of hydrogen-bond donors (Lipinski definition) is 2. The Bertz CT molecular complexity index is 1030. The first-order valence-corrected chi connectivity index (χ1v) is 12.3. The fourth-order valence-electron chi connectivity index (χ4n) is 3.51. The molecule has 0 spiro atoms. The molecule has 0 amide bonds. The molecular formula is C23H24F2IN4O-. The van der Waals surface area contributed by atoms with Gasteiger partial charge in [-0.25, -0.2) is 0 Å². The summed E-state index contributed by atoms with van der Waals surface area (Å²) in [5, 5.41) is 14.0. The number of hydrogen-bond acceptors (Lipinski definition) is 4. The van der Waals surface area contributed by atoms with Crippen molar-refractivity contribution in [3.63, 3.8) is 0 Å². The predicted octanol–water partition coefficient (Wildman–Crippen LogP) is 0.899. The van der Waals surface area contributed by atoms with Crippen LogP contribution >= 0.6 is 0 Å². The average molecular weight is 537 g/mol. The third kappa shape index (κ3) is 5.75. The van der Waals surface area contributed by atoms with Crippen molar-refractivity contribution in [1.82, 2.24) is 13.3 Å². The van der Waals surface area contributed by atoms with E-state index in [0.29, 0.717) is 19.5 Å². The number of aliphatic hydroxyl groups is 1. The van der Waals surface area contributed by atoms with Crippen LogP contribution in [0, 0.1) is 5.82 Å². The average Bonchev–Trinajstić information content (AvgIpc) is 3.20. The molecule has 0 fully saturated rings. The molecule has 31 heavy (non-hydrogen) atoms. The molecule has 2 atom stereocenters. The summed E-state index contributed by atoms with van der Waals surface area (Å²) in [6, 6.07) is 6.33. The number of aromatic nitrogens is 2. The van der Waals surface area contributed by atoms with Crippen LogP contribution in [-0.2, 0) is 6.54 Å². The van der Waals surface area contributed by atoms with E-state index in [2.05, 4.69) is 19.7 Å². The van der Waals surface area contributed by atoms with Crippen molar-refractivity contribution in [2.24, 2.45) is 4.99 Å². The van der Waals surface area contributed by atoms with Crippen molar-refractivity contribution < 1.29 is 35.4 Å². The van der Waals surface area contributed by atoms with Gasteiger partial charge in [0.15, 0.2) is 0 Å². The van der Waals surface area contributed by atoms with Gasteiger partial charge in [0.2, 0.25) is 0 Å². The topological polar surface area (TPSA) is 62.4 Å². The van der Waals surface area contributed by atoms with Crippen LogP contribution in [0.1, 0.15) is 24.3 Å². The first kappa shape index (κ1) is 22.0. The summed E-state index contributed by atoms with van der Waals surface area (Å²) in [6.45, 7) is 1.12. The van der Waals surface area contributed by atoms with Crippen LogP contribution in [0.3, 0.4) is 0 Å². The maximum atomic E-state index is 13.4. The van der Waals surface area contributed by atoms with E-state index in [1.807, 2.05) is 24.6 Å². The molecule has 0 saturated heterocycles. The monoisotopic (exact) mass is 537 g/mol. The van der Waals surface area contributed by atoms with Crippen LogP contribution in [0.2, 0.25) is 0 Å². The van der Waals surface area contributed by atoms with E-state index >= 15 is 0 Å². The van der Waals surface area contributed by atoms with E-state index in [-0.39, 0.29) is 18.3 Å². The molecule has 164 valence electrons. The van der Waals surface area contributed by atoms with Crippen LogP contribution in [-0.4, -0.2) is 40.4 Å². The quantitative estimate of drug-likeness (QED) is 0.299. The molecule has 2 N–H and O–H groups in total. The van der Waals surface area contributed by atoms with Gasteiger partial charge in [0.25, 0.3) is 0 Å². The summed E-state index contributed by atoms with van der Waals surface area (Å²) in [6.07, 6.45) is 11.8. The van der Waals surface area contributed by atoms with Crippen molar-refractivity contribution in [3.05, 3.63) is 75.4 Å². The minimum absolute atomic E-state index is 0.0000377. The number of aliphatic imine (C=N–C) groups is 1. The fraction of sp³-hybridized carbons (Fsp3) is 0.304. The SMILES string of the molecule is OCCn1cc(C2C=C([I-]NCC3=CCC(F)C=C3)N=CC2)c(-c2ccc(F)cc2)n1. The summed E-state index contributed by atoms with van der Waals surface area (Å²) in [5.74, 6) is -0.171. The number of benzene rings is 1. The van der Waals surface area contributed by atoms with Gasteiger partial charge >= 0.3 is 191 Å². The second-order valence-electron chi connectivity index (χ2n) is 7.36. The van der Waals surface area contributed by atoms with Gasteiger partial charge in [-0.2, -0.15) is 0 Å². The van der Waals surface area contributed by atoms with Crippen LogP contribution in [0.4, 0.5) is 8.78 Å². The molecule has 0 bridgehead atoms. The van der Waals surface area contributed by atoms with E-state index in [4.69, 9.17) is 0 Å². The van der Waals surface area contributed by atoms with Crippen molar-refractivity contribution >= 4 is 6.21 Å². The summed E-state index contributed by atoms with van der Waals surface area (Å²) in [5.41, 5.74) is 3.79. The molecule has 2 unspecified atom stereocenters. The Kier molecular flexibility index (Phi) is 7.41. The van der Waals surface area contributed by atoms with Crippen molar-refractivity contribution in [2.45, 2.75) is 31.5 Å². The molecule has 1 aromatic carbocycles. The molecule has 2 heterocycles. The predicted molar refractivity (Wildman–Crippen MR) is 113 cm³/mol. The second kappa shape index (κ2) is 10.4. The number of allylic oxidation sites excluding steroid dienone is 3. The molecule has 5 nitrogen and oxygen atoms in total. The number of alkyl halides is 1. The standard InChI is InChI=1S/C23H24F2IN4O/c24-19-5-1-16(2-6-19)14-28-26-22-13-18(9-10-27-22)21-15-30(11-12-31)29-23(21)17-3-7-20(25)8-4-17/h1-5,7-8,10,13,15,18-19,28,31H,6,9,11-12,14H2/q-1. The van der Waals surface area contributed by atoms with Crippen LogP contribution in [0.15, 0.2) is 69.0 Å². The summed E-state index contributed by atoms with van der Waals surface area (Å²) in [4.78, 5) is 4.57. The van der Waals surface area contributed by atoms with Gasteiger partial charge < -0.3 is 0 Å². The molecule has 0 saturated carbocycles. The van der Waals surface area contributed by atoms with E-state index in [0.717, 1.165) is 32.5 Å². The first-order chi connectivity index (χ1) is 15.1.